The molecule has 9 rings (SSSR count). The Morgan fingerprint density at radius 2 is 1.27 bits per heavy atom. The predicted octanol–water partition coefficient (Wildman–Crippen LogP) is 5.22. The van der Waals surface area contributed by atoms with E-state index in [0.717, 1.165) is 27.3 Å². The number of allylic oxidation sites excluding steroid dienone is 3. The number of aromatic nitrogens is 10. The lowest BCUT2D eigenvalue weighted by molar-refractivity contribution is 1.10. The fourth-order valence-corrected chi connectivity index (χ4v) is 5.40. The van der Waals surface area contributed by atoms with E-state index in [1.54, 1.807) is 18.6 Å². The van der Waals surface area contributed by atoms with Crippen molar-refractivity contribution in [2.24, 2.45) is 4.99 Å². The molecule has 11 nitrogen and oxygen atoms in total. The summed E-state index contributed by atoms with van der Waals surface area (Å²) in [4.78, 5) is 50.2. The second-order valence-electron chi connectivity index (χ2n) is 9.69. The fraction of sp³-hybridized carbons (Fsp3) is 0.0333. The van der Waals surface area contributed by atoms with Gasteiger partial charge in [-0.3, -0.25) is 15.0 Å². The zero-order chi connectivity index (χ0) is 26.9. The summed E-state index contributed by atoms with van der Waals surface area (Å²) in [6, 6.07) is 15.6. The van der Waals surface area contributed by atoms with Crippen molar-refractivity contribution in [3.63, 3.8) is 0 Å². The van der Waals surface area contributed by atoms with Gasteiger partial charge in [0.1, 0.15) is 33.8 Å². The van der Waals surface area contributed by atoms with Gasteiger partial charge in [0.05, 0.1) is 0 Å². The Labute approximate surface area is 230 Å². The van der Waals surface area contributed by atoms with Crippen LogP contribution in [0, 0.1) is 0 Å². The molecule has 0 fully saturated rings. The lowest BCUT2D eigenvalue weighted by atomic mass is 10.1. The summed E-state index contributed by atoms with van der Waals surface area (Å²) in [7, 11) is 0. The van der Waals surface area contributed by atoms with E-state index in [2.05, 4.69) is 24.9 Å². The highest BCUT2D eigenvalue weighted by molar-refractivity contribution is 6.05. The van der Waals surface area contributed by atoms with E-state index in [9.17, 15) is 0 Å². The molecule has 0 spiro atoms. The van der Waals surface area contributed by atoms with E-state index in [1.165, 1.54) is 0 Å². The van der Waals surface area contributed by atoms with Crippen LogP contribution in [0.5, 0.6) is 0 Å². The first-order valence-electron chi connectivity index (χ1n) is 13.0. The average Bonchev–Trinajstić information content (AvgIpc) is 3.67. The highest BCUT2D eigenvalue weighted by Gasteiger charge is 2.24. The molecule has 0 aliphatic carbocycles. The van der Waals surface area contributed by atoms with Crippen LogP contribution in [0.4, 0.5) is 0 Å². The molecule has 0 radical (unpaired) electrons. The Balaban J connectivity index is 1.50. The van der Waals surface area contributed by atoms with Gasteiger partial charge >= 0.3 is 0 Å². The van der Waals surface area contributed by atoms with E-state index >= 15 is 0 Å². The molecule has 8 heterocycles. The van der Waals surface area contributed by atoms with E-state index in [-0.39, 0.29) is 0 Å². The normalized spacial score (nSPS) is 14.0. The summed E-state index contributed by atoms with van der Waals surface area (Å²) >= 11 is 0. The van der Waals surface area contributed by atoms with Crippen molar-refractivity contribution in [2.75, 3.05) is 0 Å². The highest BCUT2D eigenvalue weighted by atomic mass is 15.1. The molecule has 0 unspecified atom stereocenters. The number of rotatable bonds is 0. The molecule has 0 atom stereocenters. The van der Waals surface area contributed by atoms with Crippen molar-refractivity contribution in [1.82, 2.24) is 49.8 Å². The van der Waals surface area contributed by atoms with Gasteiger partial charge in [-0.05, 0) is 36.8 Å². The summed E-state index contributed by atoms with van der Waals surface area (Å²) in [5, 5.41) is 2.62. The Morgan fingerprint density at radius 1 is 0.585 bits per heavy atom. The standard InChI is InChI=1S/C30H17N11/c1-2-8-16-15(7-1)23-34-24(16)36-28-20-17(9-3-4-12-31-20)26(38-28)39-30-22-19(11-6-14-33-22)27(41-30)40-29-21-18(10-5-13-32-21)25(35-23)37-29/h1-8,10-14H,9H2,(H2,34,35,36,37,38,39,40,41). The van der Waals surface area contributed by atoms with Crippen LogP contribution in [-0.4, -0.2) is 56.1 Å². The third-order valence-corrected chi connectivity index (χ3v) is 7.27. The number of hydrogen-bond donors (Lipinski definition) is 2. The van der Waals surface area contributed by atoms with Gasteiger partial charge in [0, 0.05) is 45.9 Å². The van der Waals surface area contributed by atoms with E-state index in [0.29, 0.717) is 69.2 Å². The quantitative estimate of drug-likeness (QED) is 0.271. The Hall–Kier alpha value is -5.97. The second-order valence-corrected chi connectivity index (χ2v) is 9.69. The molecule has 0 saturated heterocycles. The first-order valence-corrected chi connectivity index (χ1v) is 13.0. The monoisotopic (exact) mass is 531 g/mol. The third kappa shape index (κ3) is 3.29. The van der Waals surface area contributed by atoms with Crippen molar-refractivity contribution >= 4 is 61.7 Å². The van der Waals surface area contributed by atoms with Crippen LogP contribution in [0.3, 0.4) is 0 Å². The lowest BCUT2D eigenvalue weighted by Gasteiger charge is -1.97. The maximum atomic E-state index is 4.97. The molecule has 2 N–H and O–H groups in total. The van der Waals surface area contributed by atoms with Gasteiger partial charge < -0.3 is 9.97 Å². The molecule has 1 aromatic carbocycles. The highest BCUT2D eigenvalue weighted by Crippen LogP contribution is 2.35. The minimum Gasteiger partial charge on any atom is -0.324 e. The molecule has 0 amide bonds. The average molecular weight is 532 g/mol. The molecule has 192 valence electrons. The number of aromatic amines is 2. The number of pyridine rings is 2. The van der Waals surface area contributed by atoms with Gasteiger partial charge in [-0.2, -0.15) is 0 Å². The summed E-state index contributed by atoms with van der Waals surface area (Å²) in [6.45, 7) is 0. The second kappa shape index (κ2) is 8.26. The molecule has 3 aliphatic rings. The van der Waals surface area contributed by atoms with Crippen molar-refractivity contribution in [1.29, 1.82) is 0 Å². The number of aliphatic imine (C=N–C) groups is 1. The minimum atomic E-state index is 0.452. The fourth-order valence-electron chi connectivity index (χ4n) is 5.40. The lowest BCUT2D eigenvalue weighted by Crippen LogP contribution is -1.88. The summed E-state index contributed by atoms with van der Waals surface area (Å²) < 4.78 is 0. The molecule has 11 heteroatoms. The largest absolute Gasteiger partial charge is 0.324 e. The van der Waals surface area contributed by atoms with Gasteiger partial charge in [-0.15, -0.1) is 0 Å². The third-order valence-electron chi connectivity index (χ3n) is 7.27. The molecule has 3 aliphatic heterocycles. The molecular formula is C30H17N11. The number of hydrogen-bond acceptors (Lipinski definition) is 9. The van der Waals surface area contributed by atoms with Gasteiger partial charge in [0.15, 0.2) is 28.9 Å². The number of fused-ring (bicyclic) bond motifs is 19. The number of nitrogens with zero attached hydrogens (tertiary/aromatic N) is 9. The number of H-pyrrole nitrogens is 2. The van der Waals surface area contributed by atoms with Crippen LogP contribution in [0.25, 0.3) is 78.4 Å². The predicted molar refractivity (Wildman–Crippen MR) is 156 cm³/mol. The van der Waals surface area contributed by atoms with Gasteiger partial charge in [0.25, 0.3) is 0 Å². The topological polar surface area (TPSA) is 147 Å². The van der Waals surface area contributed by atoms with Crippen LogP contribution >= 0.6 is 0 Å². The zero-order valence-corrected chi connectivity index (χ0v) is 21.2. The van der Waals surface area contributed by atoms with Crippen LogP contribution in [0.2, 0.25) is 0 Å². The molecule has 5 aromatic heterocycles. The van der Waals surface area contributed by atoms with E-state index < -0.39 is 0 Å². The maximum Gasteiger partial charge on any atom is 0.183 e. The van der Waals surface area contributed by atoms with Crippen molar-refractivity contribution in [2.45, 2.75) is 6.42 Å². The molecule has 8 bridgehead atoms. The van der Waals surface area contributed by atoms with Crippen molar-refractivity contribution in [3.8, 4) is 22.9 Å². The summed E-state index contributed by atoms with van der Waals surface area (Å²) in [6.07, 6.45) is 9.79. The van der Waals surface area contributed by atoms with Gasteiger partial charge in [0.2, 0.25) is 0 Å². The van der Waals surface area contributed by atoms with Crippen molar-refractivity contribution in [3.05, 3.63) is 84.7 Å². The summed E-state index contributed by atoms with van der Waals surface area (Å²) in [5.74, 6) is 1.96. The van der Waals surface area contributed by atoms with Gasteiger partial charge in [-0.25, -0.2) is 29.9 Å². The minimum absolute atomic E-state index is 0.452. The Bertz CT molecular complexity index is 2360. The van der Waals surface area contributed by atoms with E-state index in [1.807, 2.05) is 60.7 Å². The smallest absolute Gasteiger partial charge is 0.183 e. The number of benzene rings is 1. The first kappa shape index (κ1) is 21.9. The maximum absolute atomic E-state index is 4.97. The summed E-state index contributed by atoms with van der Waals surface area (Å²) in [5.41, 5.74) is 6.05. The zero-order valence-electron chi connectivity index (χ0n) is 21.2. The van der Waals surface area contributed by atoms with Crippen LogP contribution in [0.1, 0.15) is 18.1 Å². The van der Waals surface area contributed by atoms with E-state index in [4.69, 9.17) is 29.9 Å². The van der Waals surface area contributed by atoms with Gasteiger partial charge in [-0.1, -0.05) is 30.3 Å². The number of nitrogens with one attached hydrogen (secondary N) is 2. The molecule has 0 saturated carbocycles. The van der Waals surface area contributed by atoms with Crippen molar-refractivity contribution < 1.29 is 0 Å². The Kier molecular flexibility index (Phi) is 4.42. The molecule has 41 heavy (non-hydrogen) atoms. The van der Waals surface area contributed by atoms with Crippen LogP contribution in [-0.2, 0) is 0 Å². The molecule has 6 aromatic rings. The SMILES string of the molecule is C1=CCC2=C(N=C1)c1nc2nc2[nH]c(nc3nc(nc4[nH]c(n1)c1ccccc41)-c1cccnc1-3)c1cccnc21. The molecular weight excluding hydrogens is 514 g/mol. The van der Waals surface area contributed by atoms with Crippen LogP contribution < -0.4 is 0 Å². The Morgan fingerprint density at radius 3 is 2.17 bits per heavy atom. The van der Waals surface area contributed by atoms with Crippen LogP contribution in [0.15, 0.2) is 78.1 Å². The first-order chi connectivity index (χ1) is 20.3.